The average molecular weight is 401 g/mol. The van der Waals surface area contributed by atoms with Crippen LogP contribution >= 0.6 is 11.6 Å². The van der Waals surface area contributed by atoms with Gasteiger partial charge in [0, 0.05) is 29.7 Å². The predicted molar refractivity (Wildman–Crippen MR) is 106 cm³/mol. The highest BCUT2D eigenvalue weighted by Crippen LogP contribution is 2.22. The number of nitrogens with one attached hydrogen (secondary N) is 3. The van der Waals surface area contributed by atoms with Crippen LogP contribution in [0.15, 0.2) is 23.2 Å². The first-order valence-corrected chi connectivity index (χ1v) is 10.8. The molecule has 0 radical (unpaired) electrons. The Morgan fingerprint density at radius 2 is 2.15 bits per heavy atom. The Kier molecular flexibility index (Phi) is 7.28. The maximum absolute atomic E-state index is 12.1. The first kappa shape index (κ1) is 20.5. The molecule has 1 amide bonds. The van der Waals surface area contributed by atoms with Gasteiger partial charge in [0.05, 0.1) is 18.1 Å². The first-order chi connectivity index (χ1) is 12.3. The third-order valence-corrected chi connectivity index (χ3v) is 6.25. The van der Waals surface area contributed by atoms with Crippen molar-refractivity contribution in [2.75, 3.05) is 29.9 Å². The zero-order valence-corrected chi connectivity index (χ0v) is 16.6. The summed E-state index contributed by atoms with van der Waals surface area (Å²) in [6.45, 7) is 4.72. The summed E-state index contributed by atoms with van der Waals surface area (Å²) in [5, 5.41) is 9.63. The molecule has 1 aliphatic heterocycles. The topological polar surface area (TPSA) is 99.7 Å². The molecule has 1 aromatic carbocycles. The second kappa shape index (κ2) is 9.23. The number of halogens is 1. The molecule has 1 aliphatic rings. The van der Waals surface area contributed by atoms with Crippen LogP contribution in [-0.2, 0) is 14.6 Å². The molecular formula is C17H25ClN4O3S. The molecule has 9 heteroatoms. The highest BCUT2D eigenvalue weighted by atomic mass is 35.5. The smallest absolute Gasteiger partial charge is 0.226 e. The number of hydrogen-bond acceptors (Lipinski definition) is 4. The number of nitrogens with zero attached hydrogens (tertiary/aromatic N) is 1. The van der Waals surface area contributed by atoms with E-state index in [9.17, 15) is 13.2 Å². The number of anilines is 1. The molecule has 1 saturated heterocycles. The van der Waals surface area contributed by atoms with Gasteiger partial charge in [-0.3, -0.25) is 9.79 Å². The zero-order chi connectivity index (χ0) is 19.2. The van der Waals surface area contributed by atoms with Crippen LogP contribution in [0.3, 0.4) is 0 Å². The average Bonchev–Trinajstić information content (AvgIpc) is 2.90. The summed E-state index contributed by atoms with van der Waals surface area (Å²) in [6.07, 6.45) is 0.784. The van der Waals surface area contributed by atoms with Gasteiger partial charge in [-0.25, -0.2) is 8.42 Å². The lowest BCUT2D eigenvalue weighted by atomic mass is 10.2. The molecule has 0 spiro atoms. The van der Waals surface area contributed by atoms with E-state index < -0.39 is 9.84 Å². The second-order valence-corrected chi connectivity index (χ2v) is 8.85. The summed E-state index contributed by atoms with van der Waals surface area (Å²) in [5.41, 5.74) is 1.51. The van der Waals surface area contributed by atoms with E-state index >= 15 is 0 Å². The van der Waals surface area contributed by atoms with Gasteiger partial charge in [0.25, 0.3) is 0 Å². The number of guanidine groups is 1. The Morgan fingerprint density at radius 1 is 1.38 bits per heavy atom. The summed E-state index contributed by atoms with van der Waals surface area (Å²) in [4.78, 5) is 16.5. The molecule has 144 valence electrons. The fourth-order valence-corrected chi connectivity index (χ4v) is 4.49. The summed E-state index contributed by atoms with van der Waals surface area (Å²) in [6, 6.07) is 5.22. The van der Waals surface area contributed by atoms with Gasteiger partial charge in [-0.1, -0.05) is 17.7 Å². The van der Waals surface area contributed by atoms with Crippen molar-refractivity contribution in [3.05, 3.63) is 28.8 Å². The molecule has 1 aromatic rings. The van der Waals surface area contributed by atoms with E-state index in [1.807, 2.05) is 13.8 Å². The molecule has 0 aliphatic carbocycles. The Bertz CT molecular complexity index is 780. The van der Waals surface area contributed by atoms with Crippen molar-refractivity contribution >= 4 is 39.0 Å². The molecule has 2 rings (SSSR count). The Hall–Kier alpha value is -1.80. The number of hydrogen-bond donors (Lipinski definition) is 3. The first-order valence-electron chi connectivity index (χ1n) is 8.61. The summed E-state index contributed by atoms with van der Waals surface area (Å²) in [5.74, 6) is 0.692. The van der Waals surface area contributed by atoms with Crippen molar-refractivity contribution in [1.82, 2.24) is 10.6 Å². The lowest BCUT2D eigenvalue weighted by Gasteiger charge is -2.15. The third-order valence-electron chi connectivity index (χ3n) is 4.07. The van der Waals surface area contributed by atoms with E-state index in [2.05, 4.69) is 20.9 Å². The number of amides is 1. The van der Waals surface area contributed by atoms with Crippen LogP contribution in [0.2, 0.25) is 5.02 Å². The van der Waals surface area contributed by atoms with Crippen LogP contribution < -0.4 is 16.0 Å². The van der Waals surface area contributed by atoms with Crippen LogP contribution in [0, 0.1) is 6.92 Å². The van der Waals surface area contributed by atoms with Crippen molar-refractivity contribution in [2.24, 2.45) is 4.99 Å². The minimum atomic E-state index is -2.95. The fourth-order valence-electron chi connectivity index (χ4n) is 2.65. The van der Waals surface area contributed by atoms with Gasteiger partial charge in [0.2, 0.25) is 5.91 Å². The van der Waals surface area contributed by atoms with E-state index in [-0.39, 0.29) is 29.9 Å². The maximum atomic E-state index is 12.1. The van der Waals surface area contributed by atoms with Crippen molar-refractivity contribution < 1.29 is 13.2 Å². The number of aliphatic imine (C=N–C) groups is 1. The fraction of sp³-hybridized carbons (Fsp3) is 0.529. The Morgan fingerprint density at radius 3 is 2.81 bits per heavy atom. The van der Waals surface area contributed by atoms with Crippen molar-refractivity contribution in [3.8, 4) is 0 Å². The minimum absolute atomic E-state index is 0.117. The third kappa shape index (κ3) is 6.17. The SMILES string of the molecule is CCNC(=NCCC(=O)Nc1cccc(Cl)c1C)NC1CCS(=O)(=O)C1. The molecule has 3 N–H and O–H groups in total. The summed E-state index contributed by atoms with van der Waals surface area (Å²) >= 11 is 6.05. The predicted octanol–water partition coefficient (Wildman–Crippen LogP) is 1.72. The highest BCUT2D eigenvalue weighted by Gasteiger charge is 2.28. The van der Waals surface area contributed by atoms with Crippen LogP contribution in [0.5, 0.6) is 0 Å². The number of sulfone groups is 1. The number of benzene rings is 1. The molecule has 1 fully saturated rings. The van der Waals surface area contributed by atoms with E-state index in [0.29, 0.717) is 36.2 Å². The van der Waals surface area contributed by atoms with Gasteiger partial charge in [-0.15, -0.1) is 0 Å². The van der Waals surface area contributed by atoms with Gasteiger partial charge in [-0.2, -0.15) is 0 Å². The number of carbonyl (C=O) groups excluding carboxylic acids is 1. The van der Waals surface area contributed by atoms with Gasteiger partial charge >= 0.3 is 0 Å². The Balaban J connectivity index is 1.87. The molecule has 0 aromatic heterocycles. The molecular weight excluding hydrogens is 376 g/mol. The van der Waals surface area contributed by atoms with Crippen LogP contribution in [0.1, 0.15) is 25.3 Å². The summed E-state index contributed by atoms with van der Waals surface area (Å²) in [7, 11) is -2.95. The van der Waals surface area contributed by atoms with E-state index in [4.69, 9.17) is 11.6 Å². The van der Waals surface area contributed by atoms with Crippen LogP contribution in [0.4, 0.5) is 5.69 Å². The van der Waals surface area contributed by atoms with Crippen LogP contribution in [0.25, 0.3) is 0 Å². The van der Waals surface area contributed by atoms with Crippen molar-refractivity contribution in [3.63, 3.8) is 0 Å². The number of rotatable bonds is 6. The molecule has 0 saturated carbocycles. The molecule has 7 nitrogen and oxygen atoms in total. The molecule has 26 heavy (non-hydrogen) atoms. The molecule has 1 heterocycles. The van der Waals surface area contributed by atoms with Gasteiger partial charge < -0.3 is 16.0 Å². The van der Waals surface area contributed by atoms with Gasteiger partial charge in [-0.05, 0) is 38.0 Å². The van der Waals surface area contributed by atoms with Crippen LogP contribution in [-0.4, -0.2) is 50.9 Å². The van der Waals surface area contributed by atoms with Gasteiger partial charge in [0.1, 0.15) is 0 Å². The molecule has 1 unspecified atom stereocenters. The molecule has 0 bridgehead atoms. The monoisotopic (exact) mass is 400 g/mol. The zero-order valence-electron chi connectivity index (χ0n) is 15.0. The minimum Gasteiger partial charge on any atom is -0.357 e. The van der Waals surface area contributed by atoms with E-state index in [1.54, 1.807) is 18.2 Å². The maximum Gasteiger partial charge on any atom is 0.226 e. The Labute approximate surface area is 159 Å². The standard InChI is InChI=1S/C17H25ClN4O3S/c1-3-19-17(21-13-8-10-26(24,25)11-13)20-9-7-16(23)22-15-6-4-5-14(18)12(15)2/h4-6,13H,3,7-11H2,1-2H3,(H,22,23)(H2,19,20,21). The van der Waals surface area contributed by atoms with Crippen molar-refractivity contribution in [1.29, 1.82) is 0 Å². The summed E-state index contributed by atoms with van der Waals surface area (Å²) < 4.78 is 23.1. The lowest BCUT2D eigenvalue weighted by Crippen LogP contribution is -2.44. The van der Waals surface area contributed by atoms with E-state index in [1.165, 1.54) is 0 Å². The lowest BCUT2D eigenvalue weighted by molar-refractivity contribution is -0.116. The second-order valence-electron chi connectivity index (χ2n) is 6.22. The highest BCUT2D eigenvalue weighted by molar-refractivity contribution is 7.91. The van der Waals surface area contributed by atoms with Gasteiger partial charge in [0.15, 0.2) is 15.8 Å². The largest absolute Gasteiger partial charge is 0.357 e. The van der Waals surface area contributed by atoms with E-state index in [0.717, 1.165) is 5.56 Å². The molecule has 1 atom stereocenters. The quantitative estimate of drug-likeness (QED) is 0.498. The normalized spacial score (nSPS) is 19.2. The number of carbonyl (C=O) groups is 1. The van der Waals surface area contributed by atoms with Crippen molar-refractivity contribution in [2.45, 2.75) is 32.7 Å².